The molecule has 0 heterocycles. The lowest BCUT2D eigenvalue weighted by molar-refractivity contribution is -0.384. The van der Waals surface area contributed by atoms with Gasteiger partial charge in [0, 0.05) is 30.3 Å². The maximum atomic E-state index is 13.1. The summed E-state index contributed by atoms with van der Waals surface area (Å²) in [6, 6.07) is 13.6. The van der Waals surface area contributed by atoms with Gasteiger partial charge in [-0.05, 0) is 55.5 Å². The van der Waals surface area contributed by atoms with Gasteiger partial charge in [-0.1, -0.05) is 12.1 Å². The highest BCUT2D eigenvalue weighted by Crippen LogP contribution is 2.36. The topological polar surface area (TPSA) is 72.7 Å². The molecule has 1 aliphatic carbocycles. The van der Waals surface area contributed by atoms with Gasteiger partial charge in [0.25, 0.3) is 11.6 Å². The number of carbonyl (C=O) groups excluding carboxylic acids is 1. The monoisotopic (exact) mass is 354 g/mol. The number of methoxy groups -OCH3 is 1. The highest BCUT2D eigenvalue weighted by Gasteiger charge is 2.34. The van der Waals surface area contributed by atoms with Gasteiger partial charge in [0.1, 0.15) is 5.75 Å². The van der Waals surface area contributed by atoms with E-state index in [0.29, 0.717) is 18.0 Å². The summed E-state index contributed by atoms with van der Waals surface area (Å²) in [7, 11) is 1.62. The van der Waals surface area contributed by atoms with Crippen molar-refractivity contribution in [1.82, 2.24) is 4.90 Å². The van der Waals surface area contributed by atoms with Gasteiger partial charge >= 0.3 is 0 Å². The number of ether oxygens (including phenoxy) is 1. The molecule has 1 amide bonds. The minimum Gasteiger partial charge on any atom is -0.497 e. The fraction of sp³-hybridized carbons (Fsp3) is 0.350. The lowest BCUT2D eigenvalue weighted by atomic mass is 10.1. The molecule has 0 saturated heterocycles. The molecule has 26 heavy (non-hydrogen) atoms. The number of hydrogen-bond acceptors (Lipinski definition) is 4. The van der Waals surface area contributed by atoms with E-state index in [0.717, 1.165) is 24.2 Å². The fourth-order valence-corrected chi connectivity index (χ4v) is 3.05. The Morgan fingerprint density at radius 2 is 1.81 bits per heavy atom. The van der Waals surface area contributed by atoms with Gasteiger partial charge in [-0.25, -0.2) is 0 Å². The Kier molecular flexibility index (Phi) is 5.21. The van der Waals surface area contributed by atoms with Crippen molar-refractivity contribution in [1.29, 1.82) is 0 Å². The van der Waals surface area contributed by atoms with Crippen molar-refractivity contribution >= 4 is 11.6 Å². The van der Waals surface area contributed by atoms with E-state index < -0.39 is 4.92 Å². The van der Waals surface area contributed by atoms with Gasteiger partial charge in [-0.3, -0.25) is 14.9 Å². The summed E-state index contributed by atoms with van der Waals surface area (Å²) in [5.41, 5.74) is 1.48. The average Bonchev–Trinajstić information content (AvgIpc) is 3.51. The van der Waals surface area contributed by atoms with Crippen molar-refractivity contribution in [3.63, 3.8) is 0 Å². The summed E-state index contributed by atoms with van der Waals surface area (Å²) in [6.45, 7) is 2.57. The van der Waals surface area contributed by atoms with E-state index in [1.165, 1.54) is 24.3 Å². The lowest BCUT2D eigenvalue weighted by Crippen LogP contribution is -2.39. The van der Waals surface area contributed by atoms with E-state index in [-0.39, 0.29) is 17.6 Å². The molecule has 0 N–H and O–H groups in total. The number of nitrogens with zero attached hydrogens (tertiary/aromatic N) is 2. The van der Waals surface area contributed by atoms with E-state index in [9.17, 15) is 14.9 Å². The number of non-ortho nitro benzene ring substituents is 1. The summed E-state index contributed by atoms with van der Waals surface area (Å²) in [6.07, 6.45) is 2.27. The van der Waals surface area contributed by atoms with Crippen molar-refractivity contribution in [2.75, 3.05) is 7.11 Å². The van der Waals surface area contributed by atoms with Gasteiger partial charge in [-0.2, -0.15) is 0 Å². The molecule has 0 radical (unpaired) electrons. The van der Waals surface area contributed by atoms with Crippen LogP contribution in [0.4, 0.5) is 5.69 Å². The van der Waals surface area contributed by atoms with Gasteiger partial charge in [0.05, 0.1) is 12.0 Å². The molecule has 3 rings (SSSR count). The van der Waals surface area contributed by atoms with Crippen LogP contribution in [-0.2, 0) is 6.54 Å². The number of amides is 1. The minimum atomic E-state index is -0.462. The average molecular weight is 354 g/mol. The highest BCUT2D eigenvalue weighted by atomic mass is 16.6. The summed E-state index contributed by atoms with van der Waals surface area (Å²) in [5.74, 6) is 1.20. The Labute approximate surface area is 152 Å². The molecule has 0 spiro atoms. The largest absolute Gasteiger partial charge is 0.497 e. The molecule has 1 saturated carbocycles. The number of rotatable bonds is 7. The quantitative estimate of drug-likeness (QED) is 0.555. The Morgan fingerprint density at radius 1 is 1.19 bits per heavy atom. The van der Waals surface area contributed by atoms with Crippen LogP contribution in [0.2, 0.25) is 0 Å². The molecule has 0 aromatic heterocycles. The molecule has 2 aromatic rings. The lowest BCUT2D eigenvalue weighted by Gasteiger charge is -2.30. The number of carbonyl (C=O) groups is 1. The first-order valence-corrected chi connectivity index (χ1v) is 8.68. The standard InChI is InChI=1S/C20H22N2O4/c1-14(16-5-6-16)21(13-15-3-11-19(26-2)12-4-15)20(23)17-7-9-18(10-8-17)22(24)25/h3-4,7-12,14,16H,5-6,13H2,1-2H3. The molecule has 0 bridgehead atoms. The second kappa shape index (κ2) is 7.56. The summed E-state index contributed by atoms with van der Waals surface area (Å²) in [4.78, 5) is 25.3. The summed E-state index contributed by atoms with van der Waals surface area (Å²) < 4.78 is 5.18. The van der Waals surface area contributed by atoms with Crippen LogP contribution in [0.3, 0.4) is 0 Å². The zero-order chi connectivity index (χ0) is 18.7. The molecular formula is C20H22N2O4. The van der Waals surface area contributed by atoms with Gasteiger partial charge in [0.15, 0.2) is 0 Å². The van der Waals surface area contributed by atoms with Gasteiger partial charge < -0.3 is 9.64 Å². The summed E-state index contributed by atoms with van der Waals surface area (Å²) in [5, 5.41) is 10.8. The summed E-state index contributed by atoms with van der Waals surface area (Å²) >= 11 is 0. The Morgan fingerprint density at radius 3 is 2.31 bits per heavy atom. The molecule has 0 aliphatic heterocycles. The van der Waals surface area contributed by atoms with Gasteiger partial charge in [-0.15, -0.1) is 0 Å². The molecule has 1 unspecified atom stereocenters. The van der Waals surface area contributed by atoms with E-state index >= 15 is 0 Å². The number of nitro benzene ring substituents is 1. The van der Waals surface area contributed by atoms with Crippen molar-refractivity contribution in [3.05, 3.63) is 69.8 Å². The predicted octanol–water partition coefficient (Wildman–Crippen LogP) is 4.04. The number of hydrogen-bond donors (Lipinski definition) is 0. The molecular weight excluding hydrogens is 332 g/mol. The van der Waals surface area contributed by atoms with Gasteiger partial charge in [0.2, 0.25) is 0 Å². The third-order valence-corrected chi connectivity index (χ3v) is 4.89. The van der Waals surface area contributed by atoms with E-state index in [1.807, 2.05) is 29.2 Å². The maximum Gasteiger partial charge on any atom is 0.269 e. The van der Waals surface area contributed by atoms with Crippen LogP contribution in [0.1, 0.15) is 35.7 Å². The van der Waals surface area contributed by atoms with Crippen molar-refractivity contribution in [3.8, 4) is 5.75 Å². The van der Waals surface area contributed by atoms with Crippen LogP contribution >= 0.6 is 0 Å². The first kappa shape index (κ1) is 17.9. The maximum absolute atomic E-state index is 13.1. The van der Waals surface area contributed by atoms with E-state index in [2.05, 4.69) is 6.92 Å². The Hall–Kier alpha value is -2.89. The zero-order valence-electron chi connectivity index (χ0n) is 14.9. The van der Waals surface area contributed by atoms with E-state index in [1.54, 1.807) is 7.11 Å². The van der Waals surface area contributed by atoms with Crippen molar-refractivity contribution in [2.45, 2.75) is 32.4 Å². The van der Waals surface area contributed by atoms with Crippen LogP contribution in [0.5, 0.6) is 5.75 Å². The molecule has 6 nitrogen and oxygen atoms in total. The van der Waals surface area contributed by atoms with Crippen LogP contribution in [0.15, 0.2) is 48.5 Å². The Bertz CT molecular complexity index is 782. The van der Waals surface area contributed by atoms with Crippen molar-refractivity contribution < 1.29 is 14.5 Å². The molecule has 136 valence electrons. The first-order valence-electron chi connectivity index (χ1n) is 8.68. The first-order chi connectivity index (χ1) is 12.5. The predicted molar refractivity (Wildman–Crippen MR) is 98.1 cm³/mol. The second-order valence-electron chi connectivity index (χ2n) is 6.66. The minimum absolute atomic E-state index is 0.0153. The SMILES string of the molecule is COc1ccc(CN(C(=O)c2ccc([N+](=O)[O-])cc2)C(C)C2CC2)cc1. The molecule has 1 fully saturated rings. The normalized spacial score (nSPS) is 14.5. The smallest absolute Gasteiger partial charge is 0.269 e. The highest BCUT2D eigenvalue weighted by molar-refractivity contribution is 5.94. The van der Waals surface area contributed by atoms with Crippen LogP contribution in [-0.4, -0.2) is 28.9 Å². The third kappa shape index (κ3) is 4.02. The van der Waals surface area contributed by atoms with E-state index in [4.69, 9.17) is 4.74 Å². The number of nitro groups is 1. The fourth-order valence-electron chi connectivity index (χ4n) is 3.05. The molecule has 6 heteroatoms. The zero-order valence-corrected chi connectivity index (χ0v) is 14.9. The molecule has 1 aliphatic rings. The Balaban J connectivity index is 1.82. The molecule has 2 aromatic carbocycles. The van der Waals surface area contributed by atoms with Crippen molar-refractivity contribution in [2.24, 2.45) is 5.92 Å². The molecule has 1 atom stereocenters. The second-order valence-corrected chi connectivity index (χ2v) is 6.66. The van der Waals surface area contributed by atoms with Crippen LogP contribution in [0.25, 0.3) is 0 Å². The van der Waals surface area contributed by atoms with Crippen LogP contribution < -0.4 is 4.74 Å². The number of benzene rings is 2. The van der Waals surface area contributed by atoms with Crippen LogP contribution in [0, 0.1) is 16.0 Å². The third-order valence-electron chi connectivity index (χ3n) is 4.89.